The molecule has 0 aromatic heterocycles. The van der Waals surface area contributed by atoms with Gasteiger partial charge in [0.1, 0.15) is 0 Å². The molecule has 1 atom stereocenters. The van der Waals surface area contributed by atoms with Crippen LogP contribution in [0.25, 0.3) is 0 Å². The lowest BCUT2D eigenvalue weighted by Gasteiger charge is -2.15. The molecule has 1 aromatic carbocycles. The molecule has 1 aromatic rings. The first-order chi connectivity index (χ1) is 8.15. The smallest absolute Gasteiger partial charge is 0.0219 e. The largest absolute Gasteiger partial charge is 0.315 e. The predicted octanol–water partition coefficient (Wildman–Crippen LogP) is 3.08. The summed E-state index contributed by atoms with van der Waals surface area (Å²) in [6, 6.07) is 7.01. The first kappa shape index (κ1) is 14.9. The topological polar surface area (TPSA) is 24.1 Å². The van der Waals surface area contributed by atoms with E-state index < -0.39 is 0 Å². The van der Waals surface area contributed by atoms with Gasteiger partial charge in [-0.2, -0.15) is 0 Å². The highest BCUT2D eigenvalue weighted by Gasteiger charge is 2.04. The van der Waals surface area contributed by atoms with Crippen LogP contribution in [-0.4, -0.2) is 19.1 Å². The van der Waals surface area contributed by atoms with Crippen molar-refractivity contribution in [2.75, 3.05) is 13.1 Å². The predicted molar refractivity (Wildman–Crippen MR) is 83.4 cm³/mol. The molecule has 0 spiro atoms. The Morgan fingerprint density at radius 1 is 1.35 bits per heavy atom. The number of hydrogen-bond donors (Lipinski definition) is 2. The maximum absolute atomic E-state index is 3.56. The molecule has 0 saturated heterocycles. The zero-order valence-electron chi connectivity index (χ0n) is 11.0. The summed E-state index contributed by atoms with van der Waals surface area (Å²) in [7, 11) is 0. The lowest BCUT2D eigenvalue weighted by atomic mass is 10.1. The fourth-order valence-corrected chi connectivity index (χ4v) is 2.25. The summed E-state index contributed by atoms with van der Waals surface area (Å²) >= 11 is 2.43. The van der Waals surface area contributed by atoms with E-state index in [4.69, 9.17) is 0 Å². The molecule has 2 N–H and O–H groups in total. The van der Waals surface area contributed by atoms with Gasteiger partial charge in [0.2, 0.25) is 0 Å². The van der Waals surface area contributed by atoms with Gasteiger partial charge in [-0.15, -0.1) is 0 Å². The summed E-state index contributed by atoms with van der Waals surface area (Å²) in [5.74, 6) is 0. The summed E-state index contributed by atoms with van der Waals surface area (Å²) < 4.78 is 1.38. The van der Waals surface area contributed by atoms with Crippen LogP contribution in [-0.2, 0) is 6.54 Å². The molecule has 3 heteroatoms. The van der Waals surface area contributed by atoms with Crippen LogP contribution in [0.4, 0.5) is 0 Å². The first-order valence-electron chi connectivity index (χ1n) is 6.33. The van der Waals surface area contributed by atoms with Gasteiger partial charge in [-0.3, -0.25) is 0 Å². The van der Waals surface area contributed by atoms with Crippen molar-refractivity contribution in [2.45, 2.75) is 39.8 Å². The van der Waals surface area contributed by atoms with E-state index in [9.17, 15) is 0 Å². The van der Waals surface area contributed by atoms with Crippen molar-refractivity contribution in [3.05, 3.63) is 32.9 Å². The SMILES string of the molecule is CCCNCC(C)NCc1cccc(C)c1I. The van der Waals surface area contributed by atoms with E-state index in [-0.39, 0.29) is 0 Å². The zero-order chi connectivity index (χ0) is 12.7. The van der Waals surface area contributed by atoms with E-state index >= 15 is 0 Å². The van der Waals surface area contributed by atoms with Crippen molar-refractivity contribution in [2.24, 2.45) is 0 Å². The van der Waals surface area contributed by atoms with Crippen molar-refractivity contribution in [3.63, 3.8) is 0 Å². The van der Waals surface area contributed by atoms with Crippen molar-refractivity contribution in [1.29, 1.82) is 0 Å². The van der Waals surface area contributed by atoms with Crippen LogP contribution in [0, 0.1) is 10.5 Å². The molecule has 0 radical (unpaired) electrons. The van der Waals surface area contributed by atoms with Gasteiger partial charge in [-0.1, -0.05) is 25.1 Å². The number of rotatable bonds is 7. The molecule has 0 bridgehead atoms. The fourth-order valence-electron chi connectivity index (χ4n) is 1.70. The molecule has 0 heterocycles. The van der Waals surface area contributed by atoms with Gasteiger partial charge in [-0.25, -0.2) is 0 Å². The van der Waals surface area contributed by atoms with Crippen molar-refractivity contribution in [1.82, 2.24) is 10.6 Å². The van der Waals surface area contributed by atoms with Gasteiger partial charge >= 0.3 is 0 Å². The van der Waals surface area contributed by atoms with E-state index in [0.29, 0.717) is 6.04 Å². The van der Waals surface area contributed by atoms with Crippen LogP contribution < -0.4 is 10.6 Å². The number of hydrogen-bond acceptors (Lipinski definition) is 2. The van der Waals surface area contributed by atoms with Gasteiger partial charge in [0.25, 0.3) is 0 Å². The number of benzene rings is 1. The summed E-state index contributed by atoms with van der Waals surface area (Å²) in [6.07, 6.45) is 1.20. The third kappa shape index (κ3) is 5.36. The minimum atomic E-state index is 0.512. The molecule has 0 aliphatic carbocycles. The second-order valence-electron chi connectivity index (χ2n) is 4.53. The highest BCUT2D eigenvalue weighted by molar-refractivity contribution is 14.1. The Morgan fingerprint density at radius 3 is 2.82 bits per heavy atom. The van der Waals surface area contributed by atoms with Gasteiger partial charge in [-0.05, 0) is 60.5 Å². The lowest BCUT2D eigenvalue weighted by molar-refractivity contribution is 0.500. The first-order valence-corrected chi connectivity index (χ1v) is 7.41. The van der Waals surface area contributed by atoms with Crippen LogP contribution in [0.5, 0.6) is 0 Å². The second-order valence-corrected chi connectivity index (χ2v) is 5.61. The van der Waals surface area contributed by atoms with Crippen LogP contribution in [0.1, 0.15) is 31.4 Å². The van der Waals surface area contributed by atoms with Gasteiger partial charge in [0, 0.05) is 22.7 Å². The molecular formula is C14H23IN2. The van der Waals surface area contributed by atoms with Crippen LogP contribution in [0.2, 0.25) is 0 Å². The third-order valence-corrected chi connectivity index (χ3v) is 4.33. The molecule has 0 aliphatic rings. The van der Waals surface area contributed by atoms with Crippen molar-refractivity contribution in [3.8, 4) is 0 Å². The summed E-state index contributed by atoms with van der Waals surface area (Å²) in [4.78, 5) is 0. The highest BCUT2D eigenvalue weighted by Crippen LogP contribution is 2.16. The zero-order valence-corrected chi connectivity index (χ0v) is 13.2. The molecule has 0 fully saturated rings. The molecule has 2 nitrogen and oxygen atoms in total. The molecule has 96 valence electrons. The molecule has 0 amide bonds. The monoisotopic (exact) mass is 346 g/mol. The van der Waals surface area contributed by atoms with E-state index in [0.717, 1.165) is 19.6 Å². The average Bonchev–Trinajstić information content (AvgIpc) is 2.31. The Kier molecular flexibility index (Phi) is 7.08. The Balaban J connectivity index is 2.37. The maximum Gasteiger partial charge on any atom is 0.0219 e. The second kappa shape index (κ2) is 8.06. The number of halogens is 1. The van der Waals surface area contributed by atoms with Crippen LogP contribution in [0.15, 0.2) is 18.2 Å². The molecule has 1 rings (SSSR count). The van der Waals surface area contributed by atoms with Crippen LogP contribution in [0.3, 0.4) is 0 Å². The Labute approximate surface area is 119 Å². The van der Waals surface area contributed by atoms with Crippen LogP contribution >= 0.6 is 22.6 Å². The quantitative estimate of drug-likeness (QED) is 0.586. The summed E-state index contributed by atoms with van der Waals surface area (Å²) in [6.45, 7) is 9.68. The molecule has 0 saturated carbocycles. The highest BCUT2D eigenvalue weighted by atomic mass is 127. The minimum Gasteiger partial charge on any atom is -0.315 e. The standard InChI is InChI=1S/C14H23IN2/c1-4-8-16-9-12(3)17-10-13-7-5-6-11(2)14(13)15/h5-7,12,16-17H,4,8-10H2,1-3H3. The van der Waals surface area contributed by atoms with Crippen molar-refractivity contribution >= 4 is 22.6 Å². The van der Waals surface area contributed by atoms with E-state index in [1.165, 1.54) is 21.1 Å². The maximum atomic E-state index is 3.56. The van der Waals surface area contributed by atoms with Gasteiger partial charge < -0.3 is 10.6 Å². The minimum absolute atomic E-state index is 0.512. The normalized spacial score (nSPS) is 12.7. The van der Waals surface area contributed by atoms with Crippen molar-refractivity contribution < 1.29 is 0 Å². The number of aryl methyl sites for hydroxylation is 1. The third-order valence-electron chi connectivity index (χ3n) is 2.79. The van der Waals surface area contributed by atoms with E-state index in [1.807, 2.05) is 0 Å². The molecule has 17 heavy (non-hydrogen) atoms. The van der Waals surface area contributed by atoms with E-state index in [2.05, 4.69) is 72.2 Å². The number of nitrogens with one attached hydrogen (secondary N) is 2. The van der Waals surface area contributed by atoms with E-state index in [1.54, 1.807) is 0 Å². The molecule has 1 unspecified atom stereocenters. The summed E-state index contributed by atoms with van der Waals surface area (Å²) in [5, 5.41) is 6.99. The van der Waals surface area contributed by atoms with Gasteiger partial charge in [0.05, 0.1) is 0 Å². The Bertz CT molecular complexity index is 339. The fraction of sp³-hybridized carbons (Fsp3) is 0.571. The average molecular weight is 346 g/mol. The molecule has 0 aliphatic heterocycles. The summed E-state index contributed by atoms with van der Waals surface area (Å²) in [5.41, 5.74) is 2.76. The Morgan fingerprint density at radius 2 is 2.12 bits per heavy atom. The Hall–Kier alpha value is -0.130. The molecular weight excluding hydrogens is 323 g/mol. The van der Waals surface area contributed by atoms with Gasteiger partial charge in [0.15, 0.2) is 0 Å². The lowest BCUT2D eigenvalue weighted by Crippen LogP contribution is -2.36.